The van der Waals surface area contributed by atoms with Gasteiger partial charge in [-0.1, -0.05) is 5.16 Å². The standard InChI is InChI=1S/C16H25N3O4/c1-12-17-14(18-23-12)9-13-3-8-22-16(10-13)4-6-19(7-5-16)15(20)11-21-2/h13H,3-11H2,1-2H3. The molecule has 2 aliphatic rings. The van der Waals surface area contributed by atoms with Gasteiger partial charge in [0.25, 0.3) is 0 Å². The molecule has 2 saturated heterocycles. The second kappa shape index (κ2) is 6.97. The summed E-state index contributed by atoms with van der Waals surface area (Å²) < 4.78 is 16.1. The number of ether oxygens (including phenoxy) is 2. The Labute approximate surface area is 136 Å². The zero-order valence-electron chi connectivity index (χ0n) is 13.9. The Morgan fingerprint density at radius 3 is 2.87 bits per heavy atom. The maximum Gasteiger partial charge on any atom is 0.248 e. The monoisotopic (exact) mass is 323 g/mol. The van der Waals surface area contributed by atoms with Crippen LogP contribution in [0.2, 0.25) is 0 Å². The largest absolute Gasteiger partial charge is 0.375 e. The summed E-state index contributed by atoms with van der Waals surface area (Å²) >= 11 is 0. The zero-order chi connectivity index (χ0) is 16.3. The highest BCUT2D eigenvalue weighted by Crippen LogP contribution is 2.38. The van der Waals surface area contributed by atoms with E-state index in [1.165, 1.54) is 0 Å². The number of aryl methyl sites for hydroxylation is 1. The molecule has 1 aromatic rings. The maximum atomic E-state index is 11.9. The molecule has 1 aromatic heterocycles. The Kier molecular flexibility index (Phi) is 4.96. The third-order valence-electron chi connectivity index (χ3n) is 4.93. The first-order chi connectivity index (χ1) is 11.1. The molecular weight excluding hydrogens is 298 g/mol. The Hall–Kier alpha value is -1.47. The minimum atomic E-state index is -0.0917. The van der Waals surface area contributed by atoms with Crippen molar-refractivity contribution in [2.24, 2.45) is 5.92 Å². The molecule has 1 amide bonds. The predicted molar refractivity (Wildman–Crippen MR) is 81.8 cm³/mol. The van der Waals surface area contributed by atoms with Crippen molar-refractivity contribution in [3.63, 3.8) is 0 Å². The quantitative estimate of drug-likeness (QED) is 0.832. The molecule has 2 aliphatic heterocycles. The summed E-state index contributed by atoms with van der Waals surface area (Å²) in [5, 5.41) is 4.01. The van der Waals surface area contributed by atoms with Crippen LogP contribution in [0.15, 0.2) is 4.52 Å². The van der Waals surface area contributed by atoms with Gasteiger partial charge in [-0.25, -0.2) is 0 Å². The van der Waals surface area contributed by atoms with Crippen molar-refractivity contribution >= 4 is 5.91 Å². The molecule has 2 fully saturated rings. The van der Waals surface area contributed by atoms with Crippen LogP contribution in [0.3, 0.4) is 0 Å². The van der Waals surface area contributed by atoms with Crippen LogP contribution in [-0.2, 0) is 20.7 Å². The van der Waals surface area contributed by atoms with Crippen molar-refractivity contribution < 1.29 is 18.8 Å². The Balaban J connectivity index is 1.55. The number of hydrogen-bond donors (Lipinski definition) is 0. The van der Waals surface area contributed by atoms with E-state index in [1.807, 2.05) is 11.8 Å². The lowest BCUT2D eigenvalue weighted by molar-refractivity contribution is -0.150. The summed E-state index contributed by atoms with van der Waals surface area (Å²) in [6.07, 6.45) is 4.66. The SMILES string of the molecule is COCC(=O)N1CCC2(CC1)CC(Cc1noc(C)n1)CCO2. The first-order valence-electron chi connectivity index (χ1n) is 8.30. The molecule has 128 valence electrons. The molecule has 3 heterocycles. The van der Waals surface area contributed by atoms with Crippen LogP contribution in [0, 0.1) is 12.8 Å². The van der Waals surface area contributed by atoms with Gasteiger partial charge in [-0.15, -0.1) is 0 Å². The number of nitrogens with zero attached hydrogens (tertiary/aromatic N) is 3. The predicted octanol–water partition coefficient (Wildman–Crippen LogP) is 1.35. The number of carbonyl (C=O) groups is 1. The molecule has 23 heavy (non-hydrogen) atoms. The van der Waals surface area contributed by atoms with E-state index < -0.39 is 0 Å². The number of carbonyl (C=O) groups excluding carboxylic acids is 1. The summed E-state index contributed by atoms with van der Waals surface area (Å²) in [7, 11) is 1.55. The topological polar surface area (TPSA) is 77.7 Å². The van der Waals surface area contributed by atoms with Crippen LogP contribution in [0.25, 0.3) is 0 Å². The van der Waals surface area contributed by atoms with Crippen molar-refractivity contribution in [3.8, 4) is 0 Å². The van der Waals surface area contributed by atoms with Gasteiger partial charge in [-0.2, -0.15) is 4.98 Å². The van der Waals surface area contributed by atoms with Gasteiger partial charge in [0.2, 0.25) is 11.8 Å². The number of methoxy groups -OCH3 is 1. The highest BCUT2D eigenvalue weighted by Gasteiger charge is 2.41. The van der Waals surface area contributed by atoms with E-state index in [1.54, 1.807) is 7.11 Å². The smallest absolute Gasteiger partial charge is 0.248 e. The third kappa shape index (κ3) is 3.90. The van der Waals surface area contributed by atoms with Gasteiger partial charge in [-0.05, 0) is 31.6 Å². The van der Waals surface area contributed by atoms with Crippen LogP contribution in [0.4, 0.5) is 0 Å². The fourth-order valence-corrected chi connectivity index (χ4v) is 3.71. The second-order valence-electron chi connectivity index (χ2n) is 6.64. The normalized spacial score (nSPS) is 24.1. The molecule has 1 spiro atoms. The number of rotatable bonds is 4. The van der Waals surface area contributed by atoms with E-state index >= 15 is 0 Å². The minimum absolute atomic E-state index is 0.0666. The zero-order valence-corrected chi connectivity index (χ0v) is 13.9. The Morgan fingerprint density at radius 1 is 1.43 bits per heavy atom. The summed E-state index contributed by atoms with van der Waals surface area (Å²) in [6, 6.07) is 0. The lowest BCUT2D eigenvalue weighted by Gasteiger charge is -2.46. The van der Waals surface area contributed by atoms with Crippen LogP contribution >= 0.6 is 0 Å². The molecule has 7 heteroatoms. The van der Waals surface area contributed by atoms with Gasteiger partial charge in [0.15, 0.2) is 5.82 Å². The van der Waals surface area contributed by atoms with Crippen LogP contribution in [0.1, 0.15) is 37.4 Å². The lowest BCUT2D eigenvalue weighted by atomic mass is 9.78. The minimum Gasteiger partial charge on any atom is -0.375 e. The van der Waals surface area contributed by atoms with Crippen molar-refractivity contribution in [1.82, 2.24) is 15.0 Å². The van der Waals surface area contributed by atoms with Gasteiger partial charge in [0.1, 0.15) is 6.61 Å². The fourth-order valence-electron chi connectivity index (χ4n) is 3.71. The average Bonchev–Trinajstić information content (AvgIpc) is 2.93. The van der Waals surface area contributed by atoms with Gasteiger partial charge >= 0.3 is 0 Å². The average molecular weight is 323 g/mol. The van der Waals surface area contributed by atoms with Crippen molar-refractivity contribution in [2.45, 2.75) is 44.6 Å². The van der Waals surface area contributed by atoms with Crippen molar-refractivity contribution in [1.29, 1.82) is 0 Å². The molecule has 1 unspecified atom stereocenters. The molecular formula is C16H25N3O4. The molecule has 0 saturated carbocycles. The summed E-state index contributed by atoms with van der Waals surface area (Å²) in [5.41, 5.74) is -0.0917. The molecule has 1 atom stereocenters. The van der Waals surface area contributed by atoms with Crippen LogP contribution < -0.4 is 0 Å². The first-order valence-corrected chi connectivity index (χ1v) is 8.30. The molecule has 0 aromatic carbocycles. The number of likely N-dealkylation sites (tertiary alicyclic amines) is 1. The van der Waals surface area contributed by atoms with Gasteiger partial charge in [0, 0.05) is 40.2 Å². The van der Waals surface area contributed by atoms with Gasteiger partial charge < -0.3 is 18.9 Å². The summed E-state index contributed by atoms with van der Waals surface area (Å²) in [4.78, 5) is 18.1. The van der Waals surface area contributed by atoms with Gasteiger partial charge in [0.05, 0.1) is 5.60 Å². The molecule has 0 aliphatic carbocycles. The van der Waals surface area contributed by atoms with Gasteiger partial charge in [-0.3, -0.25) is 4.79 Å². The fraction of sp³-hybridized carbons (Fsp3) is 0.812. The Morgan fingerprint density at radius 2 is 2.22 bits per heavy atom. The summed E-state index contributed by atoms with van der Waals surface area (Å²) in [6.45, 7) is 4.24. The number of piperidine rings is 1. The van der Waals surface area contributed by atoms with Crippen LogP contribution in [0.5, 0.6) is 0 Å². The maximum absolute atomic E-state index is 11.9. The van der Waals surface area contributed by atoms with E-state index in [4.69, 9.17) is 14.0 Å². The van der Waals surface area contributed by atoms with Crippen molar-refractivity contribution in [2.75, 3.05) is 33.4 Å². The van der Waals surface area contributed by atoms with E-state index in [2.05, 4.69) is 10.1 Å². The van der Waals surface area contributed by atoms with E-state index in [-0.39, 0.29) is 18.1 Å². The molecule has 7 nitrogen and oxygen atoms in total. The number of aromatic nitrogens is 2. The lowest BCUT2D eigenvalue weighted by Crippen LogP contribution is -2.51. The molecule has 0 radical (unpaired) electrons. The Bertz CT molecular complexity index is 537. The molecule has 0 N–H and O–H groups in total. The molecule has 3 rings (SSSR count). The van der Waals surface area contributed by atoms with E-state index in [0.29, 0.717) is 11.8 Å². The first kappa shape index (κ1) is 16.4. The number of hydrogen-bond acceptors (Lipinski definition) is 6. The highest BCUT2D eigenvalue weighted by atomic mass is 16.5. The van der Waals surface area contributed by atoms with Crippen molar-refractivity contribution in [3.05, 3.63) is 11.7 Å². The highest BCUT2D eigenvalue weighted by molar-refractivity contribution is 5.77. The number of amides is 1. The third-order valence-corrected chi connectivity index (χ3v) is 4.93. The van der Waals surface area contributed by atoms with E-state index in [9.17, 15) is 4.79 Å². The molecule has 0 bridgehead atoms. The van der Waals surface area contributed by atoms with E-state index in [0.717, 1.165) is 57.6 Å². The van der Waals surface area contributed by atoms with Crippen LogP contribution in [-0.4, -0.2) is 60.0 Å². The second-order valence-corrected chi connectivity index (χ2v) is 6.64. The summed E-state index contributed by atoms with van der Waals surface area (Å²) in [5.74, 6) is 1.99.